The summed E-state index contributed by atoms with van der Waals surface area (Å²) in [6.45, 7) is 2.43. The number of para-hydroxylation sites is 1. The Morgan fingerprint density at radius 2 is 1.86 bits per heavy atom. The van der Waals surface area contributed by atoms with E-state index in [0.29, 0.717) is 13.0 Å². The SMILES string of the molecule is COc1ccccc1CC(=O)NCc1cccc(N)c1C. The maximum atomic E-state index is 12.1. The number of anilines is 1. The van der Waals surface area contributed by atoms with Crippen LogP contribution >= 0.6 is 0 Å². The minimum Gasteiger partial charge on any atom is -0.496 e. The van der Waals surface area contributed by atoms with Crippen molar-refractivity contribution in [2.24, 2.45) is 0 Å². The number of amides is 1. The normalized spacial score (nSPS) is 10.2. The van der Waals surface area contributed by atoms with E-state index in [9.17, 15) is 4.79 Å². The van der Waals surface area contributed by atoms with Gasteiger partial charge < -0.3 is 15.8 Å². The van der Waals surface area contributed by atoms with Crippen molar-refractivity contribution in [1.82, 2.24) is 5.32 Å². The van der Waals surface area contributed by atoms with Crippen LogP contribution in [0.2, 0.25) is 0 Å². The molecular weight excluding hydrogens is 264 g/mol. The van der Waals surface area contributed by atoms with E-state index in [-0.39, 0.29) is 5.91 Å². The van der Waals surface area contributed by atoms with E-state index < -0.39 is 0 Å². The van der Waals surface area contributed by atoms with Gasteiger partial charge in [0.25, 0.3) is 0 Å². The zero-order valence-electron chi connectivity index (χ0n) is 12.3. The topological polar surface area (TPSA) is 64.3 Å². The highest BCUT2D eigenvalue weighted by Gasteiger charge is 2.09. The fourth-order valence-electron chi connectivity index (χ4n) is 2.17. The lowest BCUT2D eigenvalue weighted by Gasteiger charge is -2.11. The molecule has 2 rings (SSSR count). The van der Waals surface area contributed by atoms with Gasteiger partial charge in [-0.1, -0.05) is 30.3 Å². The van der Waals surface area contributed by atoms with E-state index in [1.54, 1.807) is 7.11 Å². The van der Waals surface area contributed by atoms with Gasteiger partial charge in [0.15, 0.2) is 0 Å². The van der Waals surface area contributed by atoms with Crippen LogP contribution in [0.25, 0.3) is 0 Å². The molecule has 0 saturated carbocycles. The van der Waals surface area contributed by atoms with Crippen LogP contribution in [-0.2, 0) is 17.8 Å². The third kappa shape index (κ3) is 3.75. The highest BCUT2D eigenvalue weighted by molar-refractivity contribution is 5.79. The smallest absolute Gasteiger partial charge is 0.224 e. The Morgan fingerprint density at radius 3 is 2.62 bits per heavy atom. The first-order valence-electron chi connectivity index (χ1n) is 6.84. The number of hydrogen-bond donors (Lipinski definition) is 2. The lowest BCUT2D eigenvalue weighted by atomic mass is 10.1. The van der Waals surface area contributed by atoms with E-state index in [1.165, 1.54) is 0 Å². The van der Waals surface area contributed by atoms with Gasteiger partial charge in [0.1, 0.15) is 5.75 Å². The van der Waals surface area contributed by atoms with Crippen LogP contribution in [-0.4, -0.2) is 13.0 Å². The highest BCUT2D eigenvalue weighted by Crippen LogP contribution is 2.18. The summed E-state index contributed by atoms with van der Waals surface area (Å²) in [5, 5.41) is 2.92. The number of ether oxygens (including phenoxy) is 1. The fourth-order valence-corrected chi connectivity index (χ4v) is 2.17. The Morgan fingerprint density at radius 1 is 1.14 bits per heavy atom. The zero-order valence-corrected chi connectivity index (χ0v) is 12.3. The molecule has 110 valence electrons. The second kappa shape index (κ2) is 6.79. The number of methoxy groups -OCH3 is 1. The molecule has 4 nitrogen and oxygen atoms in total. The molecule has 2 aromatic rings. The summed E-state index contributed by atoms with van der Waals surface area (Å²) in [5.41, 5.74) is 9.52. The average molecular weight is 284 g/mol. The van der Waals surface area contributed by atoms with Crippen molar-refractivity contribution in [2.45, 2.75) is 19.9 Å². The van der Waals surface area contributed by atoms with Crippen LogP contribution in [0.3, 0.4) is 0 Å². The first kappa shape index (κ1) is 14.9. The number of carbonyl (C=O) groups excluding carboxylic acids is 1. The van der Waals surface area contributed by atoms with E-state index in [1.807, 2.05) is 49.4 Å². The number of carbonyl (C=O) groups is 1. The quantitative estimate of drug-likeness (QED) is 0.829. The standard InChI is InChI=1S/C17H20N2O2/c1-12-14(7-5-8-15(12)18)11-19-17(20)10-13-6-3-4-9-16(13)21-2/h3-9H,10-11,18H2,1-2H3,(H,19,20). The van der Waals surface area contributed by atoms with Crippen LogP contribution in [0.5, 0.6) is 5.75 Å². The van der Waals surface area contributed by atoms with E-state index >= 15 is 0 Å². The van der Waals surface area contributed by atoms with Gasteiger partial charge in [-0.3, -0.25) is 4.79 Å². The van der Waals surface area contributed by atoms with Crippen molar-refractivity contribution in [3.05, 3.63) is 59.2 Å². The molecule has 2 aromatic carbocycles. The van der Waals surface area contributed by atoms with Gasteiger partial charge in [0.2, 0.25) is 5.91 Å². The average Bonchev–Trinajstić information content (AvgIpc) is 2.49. The molecule has 0 fully saturated rings. The summed E-state index contributed by atoms with van der Waals surface area (Å²) in [6.07, 6.45) is 0.297. The molecular formula is C17H20N2O2. The summed E-state index contributed by atoms with van der Waals surface area (Å²) >= 11 is 0. The van der Waals surface area contributed by atoms with Gasteiger partial charge in [-0.15, -0.1) is 0 Å². The number of hydrogen-bond acceptors (Lipinski definition) is 3. The number of nitrogens with one attached hydrogen (secondary N) is 1. The zero-order chi connectivity index (χ0) is 15.2. The minimum absolute atomic E-state index is 0.0404. The Hall–Kier alpha value is -2.49. The first-order valence-corrected chi connectivity index (χ1v) is 6.84. The second-order valence-electron chi connectivity index (χ2n) is 4.90. The van der Waals surface area contributed by atoms with Gasteiger partial charge in [0, 0.05) is 17.8 Å². The number of benzene rings is 2. The fraction of sp³-hybridized carbons (Fsp3) is 0.235. The third-order valence-corrected chi connectivity index (χ3v) is 3.51. The van der Waals surface area contributed by atoms with Crippen LogP contribution in [0, 0.1) is 6.92 Å². The number of nitrogen functional groups attached to an aromatic ring is 1. The van der Waals surface area contributed by atoms with Crippen LogP contribution in [0.15, 0.2) is 42.5 Å². The molecule has 0 aliphatic carbocycles. The molecule has 0 spiro atoms. The number of nitrogens with two attached hydrogens (primary N) is 1. The number of rotatable bonds is 5. The van der Waals surface area contributed by atoms with E-state index in [2.05, 4.69) is 5.32 Å². The summed E-state index contributed by atoms with van der Waals surface area (Å²) in [4.78, 5) is 12.1. The van der Waals surface area contributed by atoms with Crippen LogP contribution in [0.4, 0.5) is 5.69 Å². The van der Waals surface area contributed by atoms with Crippen molar-refractivity contribution >= 4 is 11.6 Å². The molecule has 0 saturated heterocycles. The van der Waals surface area contributed by atoms with Crippen LogP contribution < -0.4 is 15.8 Å². The molecule has 0 aliphatic rings. The summed E-state index contributed by atoms with van der Waals surface area (Å²) in [6, 6.07) is 13.2. The minimum atomic E-state index is -0.0404. The van der Waals surface area contributed by atoms with Gasteiger partial charge in [-0.25, -0.2) is 0 Å². The van der Waals surface area contributed by atoms with E-state index in [4.69, 9.17) is 10.5 Å². The molecule has 0 heterocycles. The summed E-state index contributed by atoms with van der Waals surface area (Å²) in [7, 11) is 1.60. The summed E-state index contributed by atoms with van der Waals surface area (Å²) in [5.74, 6) is 0.689. The molecule has 0 atom stereocenters. The van der Waals surface area contributed by atoms with Gasteiger partial charge >= 0.3 is 0 Å². The van der Waals surface area contributed by atoms with Crippen molar-refractivity contribution < 1.29 is 9.53 Å². The summed E-state index contributed by atoms with van der Waals surface area (Å²) < 4.78 is 5.25. The van der Waals surface area contributed by atoms with Crippen molar-refractivity contribution in [3.8, 4) is 5.75 Å². The van der Waals surface area contributed by atoms with Crippen LogP contribution in [0.1, 0.15) is 16.7 Å². The maximum Gasteiger partial charge on any atom is 0.224 e. The van der Waals surface area contributed by atoms with Gasteiger partial charge in [0.05, 0.1) is 13.5 Å². The molecule has 3 N–H and O–H groups in total. The predicted molar refractivity (Wildman–Crippen MR) is 84.1 cm³/mol. The highest BCUT2D eigenvalue weighted by atomic mass is 16.5. The van der Waals surface area contributed by atoms with Crippen molar-refractivity contribution in [3.63, 3.8) is 0 Å². The van der Waals surface area contributed by atoms with Gasteiger partial charge in [-0.05, 0) is 30.2 Å². The molecule has 1 amide bonds. The second-order valence-corrected chi connectivity index (χ2v) is 4.90. The monoisotopic (exact) mass is 284 g/mol. The Labute approximate surface area is 124 Å². The molecule has 0 aromatic heterocycles. The Kier molecular flexibility index (Phi) is 4.82. The lowest BCUT2D eigenvalue weighted by molar-refractivity contribution is -0.120. The molecule has 0 unspecified atom stereocenters. The predicted octanol–water partition coefficient (Wildman–Crippen LogP) is 2.44. The van der Waals surface area contributed by atoms with Gasteiger partial charge in [-0.2, -0.15) is 0 Å². The first-order chi connectivity index (χ1) is 10.1. The molecule has 4 heteroatoms. The largest absolute Gasteiger partial charge is 0.496 e. The van der Waals surface area contributed by atoms with Crippen molar-refractivity contribution in [1.29, 1.82) is 0 Å². The van der Waals surface area contributed by atoms with Crippen molar-refractivity contribution in [2.75, 3.05) is 12.8 Å². The van der Waals surface area contributed by atoms with E-state index in [0.717, 1.165) is 28.1 Å². The lowest BCUT2D eigenvalue weighted by Crippen LogP contribution is -2.25. The third-order valence-electron chi connectivity index (χ3n) is 3.51. The molecule has 21 heavy (non-hydrogen) atoms. The molecule has 0 aliphatic heterocycles. The maximum absolute atomic E-state index is 12.1. The Bertz CT molecular complexity index is 638. The molecule has 0 bridgehead atoms. The molecule has 0 radical (unpaired) electrons. The Balaban J connectivity index is 1.98.